The molecule has 0 aliphatic carbocycles. The average molecular weight is 353 g/mol. The largest absolute Gasteiger partial charge is 0.480 e. The Labute approximate surface area is 138 Å². The third-order valence-corrected chi connectivity index (χ3v) is 3.50. The molecule has 0 aliphatic rings. The number of rotatable bonds is 12. The summed E-state index contributed by atoms with van der Waals surface area (Å²) >= 11 is 1.02. The van der Waals surface area contributed by atoms with Gasteiger partial charge in [-0.15, -0.1) is 0 Å². The molecule has 10 nitrogen and oxygen atoms in total. The number of hydrogen-bond acceptors (Lipinski definition) is 7. The van der Waals surface area contributed by atoms with E-state index in [1.165, 1.54) is 0 Å². The zero-order chi connectivity index (χ0) is 18.7. The van der Waals surface area contributed by atoms with Gasteiger partial charge in [0.15, 0.2) is 0 Å². The topological polar surface area (TPSA) is 179 Å². The van der Waals surface area contributed by atoms with Crippen LogP contribution in [-0.2, 0) is 19.2 Å². The Kier molecular flexibility index (Phi) is 9.75. The highest BCUT2D eigenvalue weighted by atomic mass is 32.2. The maximum absolute atomic E-state index is 11.9. The van der Waals surface area contributed by atoms with Gasteiger partial charge in [-0.1, -0.05) is 0 Å². The zero-order valence-electron chi connectivity index (χ0n) is 13.2. The number of carbonyl (C=O) groups is 4. The van der Waals surface area contributed by atoms with Crippen LogP contribution in [0.4, 0.5) is 0 Å². The van der Waals surface area contributed by atoms with Crippen molar-refractivity contribution < 1.29 is 35.9 Å². The molecule has 23 heavy (non-hydrogen) atoms. The summed E-state index contributed by atoms with van der Waals surface area (Å²) in [5.74, 6) is -3.84. The van der Waals surface area contributed by atoms with Crippen LogP contribution < -0.4 is 16.4 Å². The zero-order valence-corrected chi connectivity index (χ0v) is 13.0. The summed E-state index contributed by atoms with van der Waals surface area (Å²) in [7, 11) is 0. The molecule has 0 saturated heterocycles. The lowest BCUT2D eigenvalue weighted by molar-refractivity contribution is -0.139. The number of aliphatic hydroxyl groups is 1. The van der Waals surface area contributed by atoms with Crippen LogP contribution in [0.2, 0.25) is 0 Å². The Morgan fingerprint density at radius 3 is 2.43 bits per heavy atom. The standard InChI is InChI=1S/C12H21N3O7S/c13-7(12(21)22)1-2-9(17)15-8(6-23-4-3-16)11(20)14-5-10(18)19/h7-8,16H,1-6,13H2,(H,14,20)(H,15,17)(H,18,19)(H,21,22)/t7-,8-/m0/s1/i3T/t3?,7-,8-. The minimum Gasteiger partial charge on any atom is -0.480 e. The summed E-state index contributed by atoms with van der Waals surface area (Å²) in [4.78, 5) is 44.7. The fourth-order valence-corrected chi connectivity index (χ4v) is 2.10. The van der Waals surface area contributed by atoms with E-state index in [1.54, 1.807) is 0 Å². The van der Waals surface area contributed by atoms with Crippen LogP contribution in [-0.4, -0.2) is 75.8 Å². The van der Waals surface area contributed by atoms with Gasteiger partial charge in [0.25, 0.3) is 0 Å². The maximum Gasteiger partial charge on any atom is 0.322 e. The predicted molar refractivity (Wildman–Crippen MR) is 81.8 cm³/mol. The summed E-state index contributed by atoms with van der Waals surface area (Å²) in [6, 6.07) is -2.29. The molecule has 0 spiro atoms. The smallest absolute Gasteiger partial charge is 0.322 e. The second kappa shape index (κ2) is 11.7. The summed E-state index contributed by atoms with van der Waals surface area (Å²) < 4.78 is 6.96. The first-order chi connectivity index (χ1) is 11.1. The number of carboxylic acid groups (broad SMARTS) is 2. The van der Waals surface area contributed by atoms with Crippen molar-refractivity contribution in [3.8, 4) is 0 Å². The third kappa shape index (κ3) is 10.5. The molecule has 2 amide bonds. The first-order valence-corrected chi connectivity index (χ1v) is 7.74. The number of aliphatic carboxylic acids is 2. The van der Waals surface area contributed by atoms with Gasteiger partial charge in [0.1, 0.15) is 18.6 Å². The van der Waals surface area contributed by atoms with Gasteiger partial charge in [-0.25, -0.2) is 0 Å². The molecule has 0 fully saturated rings. The number of amides is 2. The van der Waals surface area contributed by atoms with E-state index in [0.717, 1.165) is 11.8 Å². The van der Waals surface area contributed by atoms with Crippen molar-refractivity contribution in [3.63, 3.8) is 0 Å². The Bertz CT molecular complexity index is 464. The quantitative estimate of drug-likeness (QED) is 0.223. The molecule has 0 aliphatic heterocycles. The molecular weight excluding hydrogens is 330 g/mol. The van der Waals surface area contributed by atoms with Crippen molar-refractivity contribution >= 4 is 35.5 Å². The molecule has 132 valence electrons. The molecule has 3 atom stereocenters. The number of thioether (sulfide) groups is 1. The van der Waals surface area contributed by atoms with E-state index in [1.807, 2.05) is 0 Å². The van der Waals surface area contributed by atoms with Gasteiger partial charge in [-0.3, -0.25) is 19.2 Å². The van der Waals surface area contributed by atoms with E-state index in [0.29, 0.717) is 0 Å². The first kappa shape index (κ1) is 19.2. The molecule has 0 heterocycles. The highest BCUT2D eigenvalue weighted by molar-refractivity contribution is 7.99. The Balaban J connectivity index is 4.55. The van der Waals surface area contributed by atoms with Crippen molar-refractivity contribution in [3.05, 3.63) is 0 Å². The number of nitrogens with one attached hydrogen (secondary N) is 2. The highest BCUT2D eigenvalue weighted by Crippen LogP contribution is 2.04. The molecule has 0 aromatic heterocycles. The van der Waals surface area contributed by atoms with Gasteiger partial charge in [0, 0.05) is 17.9 Å². The summed E-state index contributed by atoms with van der Waals surface area (Å²) in [6.45, 7) is -1.97. The highest BCUT2D eigenvalue weighted by Gasteiger charge is 2.22. The lowest BCUT2D eigenvalue weighted by atomic mass is 10.1. The maximum atomic E-state index is 11.9. The van der Waals surface area contributed by atoms with Gasteiger partial charge in [0.05, 0.1) is 7.95 Å². The Morgan fingerprint density at radius 1 is 1.26 bits per heavy atom. The molecular formula is C12H21N3O7S. The molecule has 0 saturated carbocycles. The summed E-state index contributed by atoms with van der Waals surface area (Å²) in [6.07, 6.45) is -0.342. The average Bonchev–Trinajstić information content (AvgIpc) is 2.48. The van der Waals surface area contributed by atoms with Crippen molar-refractivity contribution in [1.29, 1.82) is 0 Å². The normalized spacial score (nSPS) is 15.0. The lowest BCUT2D eigenvalue weighted by Gasteiger charge is -2.18. The van der Waals surface area contributed by atoms with Crippen LogP contribution in [0.25, 0.3) is 0 Å². The number of carboxylic acids is 2. The second-order valence-corrected chi connectivity index (χ2v) is 5.51. The molecule has 0 aromatic rings. The molecule has 0 aromatic carbocycles. The molecule has 0 radical (unpaired) electrons. The van der Waals surface area contributed by atoms with Gasteiger partial charge in [-0.2, -0.15) is 11.8 Å². The first-order valence-electron chi connectivity index (χ1n) is 7.16. The molecule has 11 heteroatoms. The van der Waals surface area contributed by atoms with Crippen molar-refractivity contribution in [2.75, 3.05) is 24.6 Å². The third-order valence-electron chi connectivity index (χ3n) is 2.54. The van der Waals surface area contributed by atoms with Gasteiger partial charge in [0.2, 0.25) is 11.8 Å². The van der Waals surface area contributed by atoms with E-state index in [4.69, 9.17) is 22.4 Å². The van der Waals surface area contributed by atoms with Crippen LogP contribution in [0.3, 0.4) is 0 Å². The summed E-state index contributed by atoms with van der Waals surface area (Å²) in [5, 5.41) is 30.5. The van der Waals surface area contributed by atoms with E-state index < -0.39 is 49.0 Å². The minimum atomic E-state index is -1.35. The van der Waals surface area contributed by atoms with E-state index >= 15 is 0 Å². The number of aliphatic hydroxyl groups excluding tert-OH is 1. The van der Waals surface area contributed by atoms with Gasteiger partial charge >= 0.3 is 11.9 Å². The van der Waals surface area contributed by atoms with Crippen LogP contribution in [0, 0.1) is 0 Å². The van der Waals surface area contributed by atoms with Crippen molar-refractivity contribution in [1.82, 2.24) is 10.6 Å². The molecule has 1 unspecified atom stereocenters. The van der Waals surface area contributed by atoms with Crippen LogP contribution in [0.15, 0.2) is 0 Å². The summed E-state index contributed by atoms with van der Waals surface area (Å²) in [5.41, 5.74) is 5.27. The Hall–Kier alpha value is -1.85. The Morgan fingerprint density at radius 2 is 1.91 bits per heavy atom. The minimum absolute atomic E-state index is 0.00245. The van der Waals surface area contributed by atoms with Gasteiger partial charge < -0.3 is 31.7 Å². The second-order valence-electron chi connectivity index (χ2n) is 4.44. The monoisotopic (exact) mass is 353 g/mol. The molecule has 0 rings (SSSR count). The van der Waals surface area contributed by atoms with E-state index in [2.05, 4.69) is 10.6 Å². The predicted octanol–water partition coefficient (Wildman–Crippen LogP) is -2.41. The van der Waals surface area contributed by atoms with Crippen LogP contribution in [0.5, 0.6) is 0 Å². The van der Waals surface area contributed by atoms with Crippen molar-refractivity contribution in [2.45, 2.75) is 24.9 Å². The SMILES string of the molecule is [3H]C(O)CSC[C@H](NC(=O)CC[C@H](N)C(=O)O)C(=O)NCC(=O)O. The van der Waals surface area contributed by atoms with Crippen molar-refractivity contribution in [2.24, 2.45) is 5.73 Å². The van der Waals surface area contributed by atoms with Gasteiger partial charge in [-0.05, 0) is 6.42 Å². The fraction of sp³-hybridized carbons (Fsp3) is 0.667. The lowest BCUT2D eigenvalue weighted by Crippen LogP contribution is -2.49. The molecule has 7 N–H and O–H groups in total. The van der Waals surface area contributed by atoms with Crippen LogP contribution in [0.1, 0.15) is 14.2 Å². The fourth-order valence-electron chi connectivity index (χ4n) is 1.38. The number of hydrogen-bond donors (Lipinski definition) is 6. The molecule has 0 bridgehead atoms. The van der Waals surface area contributed by atoms with E-state index in [9.17, 15) is 19.2 Å². The van der Waals surface area contributed by atoms with Crippen LogP contribution >= 0.6 is 11.8 Å². The number of carbonyl (C=O) groups excluding carboxylic acids is 2. The number of nitrogens with two attached hydrogens (primary N) is 1. The van der Waals surface area contributed by atoms with E-state index in [-0.39, 0.29) is 24.3 Å².